The van der Waals surface area contributed by atoms with E-state index in [4.69, 9.17) is 5.26 Å². The van der Waals surface area contributed by atoms with Crippen molar-refractivity contribution in [3.8, 4) is 6.07 Å². The van der Waals surface area contributed by atoms with Gasteiger partial charge in [-0.3, -0.25) is 4.79 Å². The standard InChI is InChI=1S/C14H17NO3S/c1-9-3-4-11(7-12(9)8-15)14(18)13(17)5-6-19-10(2)16/h3-4,7,13-14,17-18H,5-6H2,1-2H3. The molecule has 4 nitrogen and oxygen atoms in total. The number of carbonyl (C=O) groups excluding carboxylic acids is 1. The van der Waals surface area contributed by atoms with Crippen molar-refractivity contribution in [2.24, 2.45) is 0 Å². The molecule has 0 radical (unpaired) electrons. The molecule has 102 valence electrons. The highest BCUT2D eigenvalue weighted by Gasteiger charge is 2.19. The number of aliphatic hydroxyl groups excluding tert-OH is 2. The lowest BCUT2D eigenvalue weighted by Crippen LogP contribution is -2.19. The van der Waals surface area contributed by atoms with Crippen molar-refractivity contribution in [3.63, 3.8) is 0 Å². The van der Waals surface area contributed by atoms with Crippen molar-refractivity contribution >= 4 is 16.9 Å². The molecule has 5 heteroatoms. The second kappa shape index (κ2) is 7.29. The van der Waals surface area contributed by atoms with Gasteiger partial charge >= 0.3 is 0 Å². The summed E-state index contributed by atoms with van der Waals surface area (Å²) in [6.07, 6.45) is -1.66. The third kappa shape index (κ3) is 4.67. The van der Waals surface area contributed by atoms with E-state index in [0.29, 0.717) is 23.3 Å². The van der Waals surface area contributed by atoms with E-state index in [1.807, 2.05) is 13.0 Å². The molecule has 0 saturated heterocycles. The van der Waals surface area contributed by atoms with Crippen molar-refractivity contribution in [2.75, 3.05) is 5.75 Å². The Morgan fingerprint density at radius 3 is 2.74 bits per heavy atom. The maximum absolute atomic E-state index is 10.8. The summed E-state index contributed by atoms with van der Waals surface area (Å²) in [4.78, 5) is 10.8. The minimum atomic E-state index is -1.04. The molecule has 2 atom stereocenters. The monoisotopic (exact) mass is 279 g/mol. The topological polar surface area (TPSA) is 81.3 Å². The van der Waals surface area contributed by atoms with Crippen molar-refractivity contribution in [1.82, 2.24) is 0 Å². The van der Waals surface area contributed by atoms with Gasteiger partial charge in [0, 0.05) is 12.7 Å². The van der Waals surface area contributed by atoms with Crippen LogP contribution in [0.3, 0.4) is 0 Å². The van der Waals surface area contributed by atoms with Gasteiger partial charge in [-0.2, -0.15) is 5.26 Å². The van der Waals surface area contributed by atoms with Gasteiger partial charge < -0.3 is 10.2 Å². The van der Waals surface area contributed by atoms with Crippen LogP contribution in [-0.4, -0.2) is 27.2 Å². The summed E-state index contributed by atoms with van der Waals surface area (Å²) >= 11 is 1.12. The summed E-state index contributed by atoms with van der Waals surface area (Å²) in [5.41, 5.74) is 1.84. The zero-order chi connectivity index (χ0) is 14.4. The number of nitriles is 1. The van der Waals surface area contributed by atoms with E-state index in [-0.39, 0.29) is 5.12 Å². The van der Waals surface area contributed by atoms with Gasteiger partial charge in [-0.1, -0.05) is 23.9 Å². The first-order valence-electron chi connectivity index (χ1n) is 5.96. The fourth-order valence-electron chi connectivity index (χ4n) is 1.65. The molecule has 2 unspecified atom stereocenters. The van der Waals surface area contributed by atoms with E-state index in [0.717, 1.165) is 17.3 Å². The molecule has 1 aromatic carbocycles. The Labute approximate surface area is 117 Å². The second-order valence-electron chi connectivity index (χ2n) is 4.33. The minimum absolute atomic E-state index is 0.0104. The predicted octanol–water partition coefficient (Wildman–Crippen LogP) is 1.93. The van der Waals surface area contributed by atoms with Gasteiger partial charge in [-0.05, 0) is 30.5 Å². The summed E-state index contributed by atoms with van der Waals surface area (Å²) in [7, 11) is 0. The van der Waals surface area contributed by atoms with Crippen LogP contribution in [0, 0.1) is 18.3 Å². The molecule has 0 amide bonds. The van der Waals surface area contributed by atoms with Crippen LogP contribution < -0.4 is 0 Å². The first kappa shape index (κ1) is 15.7. The van der Waals surface area contributed by atoms with Gasteiger partial charge in [-0.15, -0.1) is 0 Å². The number of aryl methyl sites for hydroxylation is 1. The number of aliphatic hydroxyl groups is 2. The lowest BCUT2D eigenvalue weighted by Gasteiger charge is -2.18. The second-order valence-corrected chi connectivity index (χ2v) is 5.60. The summed E-state index contributed by atoms with van der Waals surface area (Å²) in [5, 5.41) is 28.8. The number of thioether (sulfide) groups is 1. The molecule has 2 N–H and O–H groups in total. The molecule has 0 spiro atoms. The molecular formula is C14H17NO3S. The third-order valence-electron chi connectivity index (χ3n) is 2.81. The fraction of sp³-hybridized carbons (Fsp3) is 0.429. The van der Waals surface area contributed by atoms with Crippen LogP contribution in [0.1, 0.15) is 36.1 Å². The van der Waals surface area contributed by atoms with Gasteiger partial charge in [0.15, 0.2) is 5.12 Å². The van der Waals surface area contributed by atoms with Crippen molar-refractivity contribution in [2.45, 2.75) is 32.5 Å². The van der Waals surface area contributed by atoms with Crippen molar-refractivity contribution in [1.29, 1.82) is 5.26 Å². The smallest absolute Gasteiger partial charge is 0.185 e. The van der Waals surface area contributed by atoms with Crippen LogP contribution in [0.4, 0.5) is 0 Å². The first-order chi connectivity index (χ1) is 8.95. The molecule has 0 aliphatic rings. The molecule has 19 heavy (non-hydrogen) atoms. The number of hydrogen-bond donors (Lipinski definition) is 2. The zero-order valence-electron chi connectivity index (χ0n) is 11.0. The molecule has 0 aromatic heterocycles. The Balaban J connectivity index is 2.69. The van der Waals surface area contributed by atoms with Gasteiger partial charge in [-0.25, -0.2) is 0 Å². The maximum atomic E-state index is 10.8. The van der Waals surface area contributed by atoms with Crippen LogP contribution in [0.15, 0.2) is 18.2 Å². The van der Waals surface area contributed by atoms with Crippen LogP contribution in [-0.2, 0) is 4.79 Å². The molecule has 0 saturated carbocycles. The summed E-state index contributed by atoms with van der Waals surface area (Å²) in [6, 6.07) is 7.07. The minimum Gasteiger partial charge on any atom is -0.390 e. The Hall–Kier alpha value is -1.35. The summed E-state index contributed by atoms with van der Waals surface area (Å²) in [6.45, 7) is 3.28. The summed E-state index contributed by atoms with van der Waals surface area (Å²) < 4.78 is 0. The molecule has 0 fully saturated rings. The lowest BCUT2D eigenvalue weighted by molar-refractivity contribution is -0.109. The van der Waals surface area contributed by atoms with Crippen molar-refractivity contribution < 1.29 is 15.0 Å². The van der Waals surface area contributed by atoms with E-state index < -0.39 is 12.2 Å². The van der Waals surface area contributed by atoms with Crippen LogP contribution in [0.2, 0.25) is 0 Å². The molecule has 1 aromatic rings. The molecule has 0 heterocycles. The molecule has 0 aliphatic carbocycles. The number of rotatable bonds is 5. The Bertz CT molecular complexity index is 496. The maximum Gasteiger partial charge on any atom is 0.185 e. The Morgan fingerprint density at radius 2 is 2.16 bits per heavy atom. The van der Waals surface area contributed by atoms with Crippen LogP contribution in [0.25, 0.3) is 0 Å². The average Bonchev–Trinajstić information content (AvgIpc) is 2.38. The zero-order valence-corrected chi connectivity index (χ0v) is 11.8. The van der Waals surface area contributed by atoms with E-state index in [1.165, 1.54) is 6.92 Å². The lowest BCUT2D eigenvalue weighted by atomic mass is 9.98. The molecular weight excluding hydrogens is 262 g/mol. The largest absolute Gasteiger partial charge is 0.390 e. The quantitative estimate of drug-likeness (QED) is 0.860. The van der Waals surface area contributed by atoms with Gasteiger partial charge in [0.25, 0.3) is 0 Å². The third-order valence-corrected chi connectivity index (χ3v) is 3.65. The Morgan fingerprint density at radius 1 is 1.47 bits per heavy atom. The highest BCUT2D eigenvalue weighted by molar-refractivity contribution is 8.13. The molecule has 0 bridgehead atoms. The predicted molar refractivity (Wildman–Crippen MR) is 74.6 cm³/mol. The number of benzene rings is 1. The highest BCUT2D eigenvalue weighted by atomic mass is 32.2. The van der Waals surface area contributed by atoms with Crippen LogP contribution >= 0.6 is 11.8 Å². The van der Waals surface area contributed by atoms with Crippen LogP contribution in [0.5, 0.6) is 0 Å². The normalized spacial score (nSPS) is 13.6. The average molecular weight is 279 g/mol. The van der Waals surface area contributed by atoms with E-state index in [9.17, 15) is 15.0 Å². The summed E-state index contributed by atoms with van der Waals surface area (Å²) in [5.74, 6) is 0.463. The number of carbonyl (C=O) groups is 1. The first-order valence-corrected chi connectivity index (χ1v) is 6.94. The van der Waals surface area contributed by atoms with E-state index in [1.54, 1.807) is 18.2 Å². The number of hydrogen-bond acceptors (Lipinski definition) is 5. The van der Waals surface area contributed by atoms with Gasteiger partial charge in [0.05, 0.1) is 17.7 Å². The van der Waals surface area contributed by atoms with Crippen molar-refractivity contribution in [3.05, 3.63) is 34.9 Å². The Kier molecular flexibility index (Phi) is 6.03. The van der Waals surface area contributed by atoms with E-state index in [2.05, 4.69) is 0 Å². The molecule has 0 aliphatic heterocycles. The van der Waals surface area contributed by atoms with E-state index >= 15 is 0 Å². The fourth-order valence-corrected chi connectivity index (χ4v) is 2.29. The van der Waals surface area contributed by atoms with Gasteiger partial charge in [0.2, 0.25) is 0 Å². The number of nitrogens with zero attached hydrogens (tertiary/aromatic N) is 1. The molecule has 1 rings (SSSR count). The SMILES string of the molecule is CC(=O)SCCC(O)C(O)c1ccc(C)c(C#N)c1. The van der Waals surface area contributed by atoms with Gasteiger partial charge in [0.1, 0.15) is 6.10 Å². The highest BCUT2D eigenvalue weighted by Crippen LogP contribution is 2.22.